The average molecular weight is 230 g/mol. The summed E-state index contributed by atoms with van der Waals surface area (Å²) >= 11 is 0. The van der Waals surface area contributed by atoms with Crippen molar-refractivity contribution in [2.45, 2.75) is 39.7 Å². The Hall–Kier alpha value is -1.40. The van der Waals surface area contributed by atoms with Crippen LogP contribution in [0.1, 0.15) is 42.7 Å². The molecule has 0 amide bonds. The smallest absolute Gasteiger partial charge is 0.101 e. The molecular formula is C14H18N2O. The molecule has 0 N–H and O–H groups in total. The average Bonchev–Trinajstić information content (AvgIpc) is 2.28. The zero-order chi connectivity index (χ0) is 12.5. The van der Waals surface area contributed by atoms with Gasteiger partial charge in [-0.3, -0.25) is 4.98 Å². The van der Waals surface area contributed by atoms with E-state index in [1.165, 1.54) is 11.1 Å². The first-order valence-electron chi connectivity index (χ1n) is 5.96. The van der Waals surface area contributed by atoms with Crippen molar-refractivity contribution in [2.24, 2.45) is 5.41 Å². The summed E-state index contributed by atoms with van der Waals surface area (Å²) in [6.07, 6.45) is 4.80. The SMILES string of the molecule is COCc1ncc(C#N)c2c1CCC(C)(C)C2. The normalized spacial score (nSPS) is 17.3. The fraction of sp³-hybridized carbons (Fsp3) is 0.571. The van der Waals surface area contributed by atoms with Gasteiger partial charge in [0.2, 0.25) is 0 Å². The van der Waals surface area contributed by atoms with E-state index in [4.69, 9.17) is 10.00 Å². The van der Waals surface area contributed by atoms with Gasteiger partial charge in [0.05, 0.1) is 17.9 Å². The van der Waals surface area contributed by atoms with E-state index in [1.807, 2.05) is 0 Å². The molecule has 1 aliphatic rings. The second kappa shape index (κ2) is 4.46. The number of rotatable bonds is 2. The summed E-state index contributed by atoms with van der Waals surface area (Å²) in [5.41, 5.74) is 4.44. The molecule has 0 aliphatic heterocycles. The van der Waals surface area contributed by atoms with E-state index in [2.05, 4.69) is 24.9 Å². The Morgan fingerprint density at radius 1 is 1.47 bits per heavy atom. The first kappa shape index (κ1) is 12.1. The molecule has 0 bridgehead atoms. The molecule has 3 heteroatoms. The quantitative estimate of drug-likeness (QED) is 0.784. The lowest BCUT2D eigenvalue weighted by molar-refractivity contribution is 0.179. The highest BCUT2D eigenvalue weighted by Crippen LogP contribution is 2.37. The number of aromatic nitrogens is 1. The third kappa shape index (κ3) is 2.32. The second-order valence-electron chi connectivity index (χ2n) is 5.46. The van der Waals surface area contributed by atoms with Crippen molar-refractivity contribution < 1.29 is 4.74 Å². The Kier molecular flexibility index (Phi) is 3.17. The van der Waals surface area contributed by atoms with E-state index < -0.39 is 0 Å². The minimum atomic E-state index is 0.282. The van der Waals surface area contributed by atoms with Crippen LogP contribution >= 0.6 is 0 Å². The maximum absolute atomic E-state index is 9.16. The van der Waals surface area contributed by atoms with Crippen LogP contribution in [0, 0.1) is 16.7 Å². The summed E-state index contributed by atoms with van der Waals surface area (Å²) < 4.78 is 5.17. The zero-order valence-electron chi connectivity index (χ0n) is 10.7. The van der Waals surface area contributed by atoms with Gasteiger partial charge >= 0.3 is 0 Å². The summed E-state index contributed by atoms with van der Waals surface area (Å²) in [4.78, 5) is 4.35. The van der Waals surface area contributed by atoms with E-state index in [0.717, 1.165) is 30.5 Å². The topological polar surface area (TPSA) is 45.9 Å². The Morgan fingerprint density at radius 3 is 2.88 bits per heavy atom. The Bertz CT molecular complexity index is 472. The van der Waals surface area contributed by atoms with Crippen LogP contribution in [0.3, 0.4) is 0 Å². The molecule has 0 atom stereocenters. The summed E-state index contributed by atoms with van der Waals surface area (Å²) in [5, 5.41) is 9.16. The first-order valence-corrected chi connectivity index (χ1v) is 5.96. The number of nitriles is 1. The molecule has 17 heavy (non-hydrogen) atoms. The van der Waals surface area contributed by atoms with Gasteiger partial charge in [-0.1, -0.05) is 13.8 Å². The lowest BCUT2D eigenvalue weighted by Gasteiger charge is -2.32. The van der Waals surface area contributed by atoms with Crippen molar-refractivity contribution >= 4 is 0 Å². The molecule has 3 nitrogen and oxygen atoms in total. The van der Waals surface area contributed by atoms with Gasteiger partial charge in [0, 0.05) is 13.3 Å². The number of hydrogen-bond donors (Lipinski definition) is 0. The number of fused-ring (bicyclic) bond motifs is 1. The Morgan fingerprint density at radius 2 is 2.24 bits per heavy atom. The number of pyridine rings is 1. The number of hydrogen-bond acceptors (Lipinski definition) is 3. The highest BCUT2D eigenvalue weighted by Gasteiger charge is 2.29. The van der Waals surface area contributed by atoms with Crippen molar-refractivity contribution in [3.05, 3.63) is 28.6 Å². The van der Waals surface area contributed by atoms with Gasteiger partial charge < -0.3 is 4.74 Å². The molecule has 0 radical (unpaired) electrons. The molecule has 1 aliphatic carbocycles. The van der Waals surface area contributed by atoms with Gasteiger partial charge in [0.15, 0.2) is 0 Å². The lowest BCUT2D eigenvalue weighted by atomic mass is 9.73. The first-order chi connectivity index (χ1) is 8.07. The summed E-state index contributed by atoms with van der Waals surface area (Å²) in [6.45, 7) is 5.05. The highest BCUT2D eigenvalue weighted by atomic mass is 16.5. The van der Waals surface area contributed by atoms with E-state index in [-0.39, 0.29) is 5.41 Å². The van der Waals surface area contributed by atoms with Gasteiger partial charge in [-0.05, 0) is 35.8 Å². The van der Waals surface area contributed by atoms with E-state index >= 15 is 0 Å². The number of ether oxygens (including phenoxy) is 1. The van der Waals surface area contributed by atoms with Crippen molar-refractivity contribution in [3.63, 3.8) is 0 Å². The van der Waals surface area contributed by atoms with E-state index in [0.29, 0.717) is 6.61 Å². The summed E-state index contributed by atoms with van der Waals surface area (Å²) in [7, 11) is 1.68. The van der Waals surface area contributed by atoms with Crippen LogP contribution in [0.15, 0.2) is 6.20 Å². The third-order valence-electron chi connectivity index (χ3n) is 3.50. The fourth-order valence-corrected chi connectivity index (χ4v) is 2.52. The molecule has 0 spiro atoms. The Balaban J connectivity index is 2.50. The summed E-state index contributed by atoms with van der Waals surface area (Å²) in [6, 6.07) is 2.26. The van der Waals surface area contributed by atoms with E-state index in [9.17, 15) is 0 Å². The molecule has 90 valence electrons. The number of methoxy groups -OCH3 is 1. The molecule has 1 aromatic heterocycles. The van der Waals surface area contributed by atoms with Crippen LogP contribution in [0.25, 0.3) is 0 Å². The largest absolute Gasteiger partial charge is 0.378 e. The molecule has 0 saturated heterocycles. The monoisotopic (exact) mass is 230 g/mol. The highest BCUT2D eigenvalue weighted by molar-refractivity contribution is 5.45. The zero-order valence-corrected chi connectivity index (χ0v) is 10.7. The minimum Gasteiger partial charge on any atom is -0.378 e. The molecule has 1 heterocycles. The maximum Gasteiger partial charge on any atom is 0.101 e. The van der Waals surface area contributed by atoms with Crippen LogP contribution in [-0.2, 0) is 24.2 Å². The second-order valence-corrected chi connectivity index (χ2v) is 5.46. The van der Waals surface area contributed by atoms with Crippen LogP contribution in [-0.4, -0.2) is 12.1 Å². The predicted octanol–water partition coefficient (Wildman–Crippen LogP) is 2.61. The van der Waals surface area contributed by atoms with Crippen LogP contribution < -0.4 is 0 Å². The molecular weight excluding hydrogens is 212 g/mol. The third-order valence-corrected chi connectivity index (χ3v) is 3.50. The fourth-order valence-electron chi connectivity index (χ4n) is 2.52. The van der Waals surface area contributed by atoms with Crippen LogP contribution in [0.4, 0.5) is 0 Å². The molecule has 1 aromatic rings. The van der Waals surface area contributed by atoms with Gasteiger partial charge in [0.1, 0.15) is 6.07 Å². The van der Waals surface area contributed by atoms with Gasteiger partial charge in [-0.25, -0.2) is 0 Å². The van der Waals surface area contributed by atoms with Crippen LogP contribution in [0.2, 0.25) is 0 Å². The maximum atomic E-state index is 9.16. The molecule has 0 fully saturated rings. The van der Waals surface area contributed by atoms with E-state index in [1.54, 1.807) is 13.3 Å². The van der Waals surface area contributed by atoms with Crippen LogP contribution in [0.5, 0.6) is 0 Å². The number of nitrogens with zero attached hydrogens (tertiary/aromatic N) is 2. The lowest BCUT2D eigenvalue weighted by Crippen LogP contribution is -2.24. The van der Waals surface area contributed by atoms with Gasteiger partial charge in [0.25, 0.3) is 0 Å². The van der Waals surface area contributed by atoms with Crippen molar-refractivity contribution in [1.29, 1.82) is 5.26 Å². The molecule has 0 unspecified atom stereocenters. The van der Waals surface area contributed by atoms with Crippen molar-refractivity contribution in [2.75, 3.05) is 7.11 Å². The van der Waals surface area contributed by atoms with Crippen molar-refractivity contribution in [1.82, 2.24) is 4.98 Å². The molecule has 0 saturated carbocycles. The standard InChI is InChI=1S/C14H18N2O/c1-14(2)5-4-11-12(6-14)10(7-15)8-16-13(11)9-17-3/h8H,4-6,9H2,1-3H3. The van der Waals surface area contributed by atoms with Crippen molar-refractivity contribution in [3.8, 4) is 6.07 Å². The summed E-state index contributed by atoms with van der Waals surface area (Å²) in [5.74, 6) is 0. The van der Waals surface area contributed by atoms with Gasteiger partial charge in [-0.2, -0.15) is 5.26 Å². The molecule has 2 rings (SSSR count). The van der Waals surface area contributed by atoms with Gasteiger partial charge in [-0.15, -0.1) is 0 Å². The Labute approximate surface area is 102 Å². The minimum absolute atomic E-state index is 0.282. The predicted molar refractivity (Wildman–Crippen MR) is 65.5 cm³/mol. The molecule has 0 aromatic carbocycles.